The second-order valence-electron chi connectivity index (χ2n) is 4.76. The Morgan fingerprint density at radius 2 is 2.21 bits per heavy atom. The minimum Gasteiger partial charge on any atom is -0.336 e. The standard InChI is InChI=1S/C15H13FN2O/c1-4-15(2,3)18-14(19)11-8-10-6-5-7-12(16)13(10)17-9-11/h1,5-9H,2-3H3,(H,18,19). The molecular weight excluding hydrogens is 243 g/mol. The molecule has 0 unspecified atom stereocenters. The van der Waals surface area contributed by atoms with Crippen molar-refractivity contribution in [3.05, 3.63) is 41.8 Å². The number of pyridine rings is 1. The largest absolute Gasteiger partial charge is 0.336 e. The Morgan fingerprint density at radius 1 is 1.47 bits per heavy atom. The first kappa shape index (κ1) is 13.0. The Bertz CT molecular complexity index is 686. The smallest absolute Gasteiger partial charge is 0.254 e. The van der Waals surface area contributed by atoms with Crippen molar-refractivity contribution in [2.45, 2.75) is 19.4 Å². The highest BCUT2D eigenvalue weighted by molar-refractivity contribution is 5.97. The lowest BCUT2D eigenvalue weighted by atomic mass is 10.1. The number of carbonyl (C=O) groups is 1. The molecule has 19 heavy (non-hydrogen) atoms. The Hall–Kier alpha value is -2.41. The highest BCUT2D eigenvalue weighted by Gasteiger charge is 2.18. The number of halogens is 1. The van der Waals surface area contributed by atoms with E-state index in [0.717, 1.165) is 0 Å². The number of aromatic nitrogens is 1. The normalized spacial score (nSPS) is 11.1. The van der Waals surface area contributed by atoms with Crippen LogP contribution < -0.4 is 5.32 Å². The van der Waals surface area contributed by atoms with Crippen LogP contribution in [0.4, 0.5) is 4.39 Å². The Morgan fingerprint density at radius 3 is 2.89 bits per heavy atom. The third kappa shape index (κ3) is 2.71. The zero-order valence-electron chi connectivity index (χ0n) is 10.7. The van der Waals surface area contributed by atoms with Crippen molar-refractivity contribution in [2.75, 3.05) is 0 Å². The van der Waals surface area contributed by atoms with Gasteiger partial charge in [0, 0.05) is 11.6 Å². The van der Waals surface area contributed by atoms with E-state index < -0.39 is 11.4 Å². The number of hydrogen-bond donors (Lipinski definition) is 1. The van der Waals surface area contributed by atoms with Crippen LogP contribution in [0, 0.1) is 18.2 Å². The number of amides is 1. The van der Waals surface area contributed by atoms with Crippen LogP contribution in [0.3, 0.4) is 0 Å². The zero-order chi connectivity index (χ0) is 14.0. The minimum atomic E-state index is -0.742. The van der Waals surface area contributed by atoms with E-state index in [4.69, 9.17) is 6.42 Å². The number of nitrogens with one attached hydrogen (secondary N) is 1. The molecule has 0 aliphatic heterocycles. The third-order valence-corrected chi connectivity index (χ3v) is 2.71. The molecule has 0 atom stereocenters. The van der Waals surface area contributed by atoms with Crippen LogP contribution in [0.2, 0.25) is 0 Å². The van der Waals surface area contributed by atoms with Crippen LogP contribution in [-0.2, 0) is 0 Å². The van der Waals surface area contributed by atoms with Crippen molar-refractivity contribution in [3.8, 4) is 12.3 Å². The van der Waals surface area contributed by atoms with Gasteiger partial charge in [-0.1, -0.05) is 18.1 Å². The average Bonchev–Trinajstić information content (AvgIpc) is 2.38. The molecule has 0 radical (unpaired) electrons. The van der Waals surface area contributed by atoms with E-state index >= 15 is 0 Å². The lowest BCUT2D eigenvalue weighted by molar-refractivity contribution is 0.0929. The lowest BCUT2D eigenvalue weighted by Crippen LogP contribution is -2.42. The van der Waals surface area contributed by atoms with Gasteiger partial charge in [-0.3, -0.25) is 9.78 Å². The molecule has 1 aromatic heterocycles. The van der Waals surface area contributed by atoms with Crippen LogP contribution in [0.1, 0.15) is 24.2 Å². The molecule has 1 N–H and O–H groups in total. The van der Waals surface area contributed by atoms with Crippen LogP contribution in [0.25, 0.3) is 10.9 Å². The fourth-order valence-corrected chi connectivity index (χ4v) is 1.64. The summed E-state index contributed by atoms with van der Waals surface area (Å²) >= 11 is 0. The third-order valence-electron chi connectivity index (χ3n) is 2.71. The first-order valence-electron chi connectivity index (χ1n) is 5.77. The molecule has 1 aromatic carbocycles. The summed E-state index contributed by atoms with van der Waals surface area (Å²) in [5.74, 6) is 1.74. The number of carbonyl (C=O) groups excluding carboxylic acids is 1. The summed E-state index contributed by atoms with van der Waals surface area (Å²) in [5, 5.41) is 3.27. The fourth-order valence-electron chi connectivity index (χ4n) is 1.64. The van der Waals surface area contributed by atoms with Gasteiger partial charge in [-0.25, -0.2) is 4.39 Å². The fraction of sp³-hybridized carbons (Fsp3) is 0.200. The summed E-state index contributed by atoms with van der Waals surface area (Å²) < 4.78 is 13.5. The molecule has 1 heterocycles. The summed E-state index contributed by atoms with van der Waals surface area (Å²) in [6.45, 7) is 3.44. The van der Waals surface area contributed by atoms with Crippen LogP contribution in [-0.4, -0.2) is 16.4 Å². The maximum absolute atomic E-state index is 13.5. The molecule has 0 spiro atoms. The van der Waals surface area contributed by atoms with Gasteiger partial charge in [-0.05, 0) is 26.0 Å². The van der Waals surface area contributed by atoms with Crippen molar-refractivity contribution in [3.63, 3.8) is 0 Å². The molecular formula is C15H13FN2O. The molecule has 2 rings (SSSR count). The Balaban J connectivity index is 2.37. The van der Waals surface area contributed by atoms with Crippen molar-refractivity contribution in [2.24, 2.45) is 0 Å². The predicted molar refractivity (Wildman–Crippen MR) is 72.1 cm³/mol. The SMILES string of the molecule is C#CC(C)(C)NC(=O)c1cnc2c(F)cccc2c1. The molecule has 0 aliphatic rings. The second kappa shape index (κ2) is 4.69. The van der Waals surface area contributed by atoms with Gasteiger partial charge in [0.25, 0.3) is 5.91 Å². The van der Waals surface area contributed by atoms with Gasteiger partial charge < -0.3 is 5.32 Å². The quantitative estimate of drug-likeness (QED) is 0.839. The van der Waals surface area contributed by atoms with E-state index in [1.54, 1.807) is 32.0 Å². The zero-order valence-corrected chi connectivity index (χ0v) is 10.7. The maximum Gasteiger partial charge on any atom is 0.254 e. The number of fused-ring (bicyclic) bond motifs is 1. The molecule has 4 heteroatoms. The van der Waals surface area contributed by atoms with Crippen molar-refractivity contribution in [1.82, 2.24) is 10.3 Å². The summed E-state index contributed by atoms with van der Waals surface area (Å²) in [4.78, 5) is 16.0. The first-order chi connectivity index (χ1) is 8.93. The summed E-state index contributed by atoms with van der Waals surface area (Å²) in [5.41, 5.74) is -0.148. The molecule has 0 bridgehead atoms. The van der Waals surface area contributed by atoms with E-state index in [-0.39, 0.29) is 11.4 Å². The summed E-state index contributed by atoms with van der Waals surface area (Å²) in [6, 6.07) is 6.20. The van der Waals surface area contributed by atoms with Gasteiger partial charge in [-0.15, -0.1) is 6.42 Å². The number of para-hydroxylation sites is 1. The molecule has 0 saturated heterocycles. The average molecular weight is 256 g/mol. The molecule has 2 aromatic rings. The van der Waals surface area contributed by atoms with Gasteiger partial charge in [-0.2, -0.15) is 0 Å². The topological polar surface area (TPSA) is 42.0 Å². The number of nitrogens with zero attached hydrogens (tertiary/aromatic N) is 1. The summed E-state index contributed by atoms with van der Waals surface area (Å²) in [7, 11) is 0. The lowest BCUT2D eigenvalue weighted by Gasteiger charge is -2.19. The Kier molecular flexibility index (Phi) is 3.22. The van der Waals surface area contributed by atoms with E-state index in [9.17, 15) is 9.18 Å². The van der Waals surface area contributed by atoms with Crippen molar-refractivity contribution in [1.29, 1.82) is 0 Å². The van der Waals surface area contributed by atoms with Gasteiger partial charge in [0.1, 0.15) is 11.3 Å². The van der Waals surface area contributed by atoms with Crippen LogP contribution >= 0.6 is 0 Å². The molecule has 96 valence electrons. The number of benzene rings is 1. The van der Waals surface area contributed by atoms with E-state index in [1.165, 1.54) is 12.3 Å². The molecule has 3 nitrogen and oxygen atoms in total. The number of terminal acetylenes is 1. The molecule has 0 aliphatic carbocycles. The first-order valence-corrected chi connectivity index (χ1v) is 5.77. The maximum atomic E-state index is 13.5. The number of rotatable bonds is 2. The summed E-state index contributed by atoms with van der Waals surface area (Å²) in [6.07, 6.45) is 6.65. The molecule has 1 amide bonds. The predicted octanol–water partition coefficient (Wildman–Crippen LogP) is 2.52. The molecule has 0 saturated carbocycles. The minimum absolute atomic E-state index is 0.246. The monoisotopic (exact) mass is 256 g/mol. The molecule has 0 fully saturated rings. The van der Waals surface area contributed by atoms with Gasteiger partial charge in [0.05, 0.1) is 11.1 Å². The van der Waals surface area contributed by atoms with E-state index in [1.807, 2.05) is 0 Å². The highest BCUT2D eigenvalue weighted by Crippen LogP contribution is 2.16. The van der Waals surface area contributed by atoms with Crippen LogP contribution in [0.5, 0.6) is 0 Å². The van der Waals surface area contributed by atoms with E-state index in [0.29, 0.717) is 10.9 Å². The van der Waals surface area contributed by atoms with Crippen molar-refractivity contribution >= 4 is 16.8 Å². The van der Waals surface area contributed by atoms with Crippen molar-refractivity contribution < 1.29 is 9.18 Å². The van der Waals surface area contributed by atoms with Gasteiger partial charge in [0.15, 0.2) is 0 Å². The van der Waals surface area contributed by atoms with Crippen LogP contribution in [0.15, 0.2) is 30.5 Å². The number of hydrogen-bond acceptors (Lipinski definition) is 2. The van der Waals surface area contributed by atoms with Gasteiger partial charge in [0.2, 0.25) is 0 Å². The Labute approximate surface area is 110 Å². The van der Waals surface area contributed by atoms with E-state index in [2.05, 4.69) is 16.2 Å². The second-order valence-corrected chi connectivity index (χ2v) is 4.76. The highest BCUT2D eigenvalue weighted by atomic mass is 19.1. The van der Waals surface area contributed by atoms with Gasteiger partial charge >= 0.3 is 0 Å².